The van der Waals surface area contributed by atoms with Gasteiger partial charge < -0.3 is 4.57 Å². The Morgan fingerprint density at radius 2 is 1.29 bits per heavy atom. The van der Waals surface area contributed by atoms with Crippen LogP contribution in [-0.2, 0) is 12.8 Å². The minimum atomic E-state index is 0.562. The maximum Gasteiger partial charge on any atom is 0.238 e. The third-order valence-corrected chi connectivity index (χ3v) is 10.7. The van der Waals surface area contributed by atoms with E-state index in [0.717, 1.165) is 40.7 Å². The predicted octanol–water partition coefficient (Wildman–Crippen LogP) is 12.0. The summed E-state index contributed by atoms with van der Waals surface area (Å²) in [5.41, 5.74) is 10.5. The third kappa shape index (κ3) is 5.61. The number of hydrogen-bond acceptors (Lipinski definition) is 3. The number of benzene rings is 5. The first-order valence-corrected chi connectivity index (χ1v) is 19.0. The van der Waals surface area contributed by atoms with Gasteiger partial charge in [-0.05, 0) is 85.2 Å². The Hall–Kier alpha value is -5.81. The van der Waals surface area contributed by atoms with Crippen molar-refractivity contribution in [2.75, 3.05) is 0 Å². The number of fused-ring (bicyclic) bond motifs is 6. The molecule has 5 nitrogen and oxygen atoms in total. The van der Waals surface area contributed by atoms with Crippen molar-refractivity contribution < 1.29 is 0 Å². The molecule has 256 valence electrons. The lowest BCUT2D eigenvalue weighted by molar-refractivity contribution is 0.550. The van der Waals surface area contributed by atoms with E-state index in [4.69, 9.17) is 15.0 Å². The normalized spacial score (nSPS) is 14.1. The molecule has 5 heteroatoms. The highest BCUT2D eigenvalue weighted by Gasteiger charge is 2.25. The summed E-state index contributed by atoms with van der Waals surface area (Å²) in [5, 5.41) is 3.72. The third-order valence-electron chi connectivity index (χ3n) is 10.7. The van der Waals surface area contributed by atoms with Gasteiger partial charge in [-0.15, -0.1) is 0 Å². The maximum atomic E-state index is 5.34. The molecule has 0 amide bonds. The number of allylic oxidation sites excluding steroid dienone is 1. The molecule has 0 saturated heterocycles. The molecule has 0 fully saturated rings. The van der Waals surface area contributed by atoms with Crippen molar-refractivity contribution in [2.24, 2.45) is 5.92 Å². The Labute approximate surface area is 305 Å². The molecule has 3 aromatic heterocycles. The average molecular weight is 678 g/mol. The monoisotopic (exact) mass is 677 g/mol. The molecule has 1 unspecified atom stereocenters. The maximum absolute atomic E-state index is 5.34. The molecule has 0 aliphatic heterocycles. The summed E-state index contributed by atoms with van der Waals surface area (Å²) in [6.07, 6.45) is 13.1. The van der Waals surface area contributed by atoms with Gasteiger partial charge in [-0.25, -0.2) is 4.98 Å². The van der Waals surface area contributed by atoms with Crippen LogP contribution in [0.5, 0.6) is 0 Å². The zero-order chi connectivity index (χ0) is 35.0. The van der Waals surface area contributed by atoms with Crippen molar-refractivity contribution in [1.29, 1.82) is 0 Å². The molecule has 0 bridgehead atoms. The first-order valence-electron chi connectivity index (χ1n) is 19.0. The number of para-hydroxylation sites is 3. The molecule has 9 rings (SSSR count). The van der Waals surface area contributed by atoms with Crippen molar-refractivity contribution in [3.05, 3.63) is 144 Å². The standard InChI is InChI=1S/C47H43N5/c1-3-5-16-32-26-28-43-38(30-32)39-31-33(17-6-4-2)27-29-44(39)51(43)42-25-15-12-22-37(42)46-48-45(34-18-8-7-9-19-34)49-47(50-46)52-40-23-13-10-20-35(40)36-21-11-14-24-41(36)52/h7-15,18-30,33H,3-6,16-17,31H2,1-2H3. The average Bonchev–Trinajstić information content (AvgIpc) is 3.71. The summed E-state index contributed by atoms with van der Waals surface area (Å²) in [6, 6.07) is 43.1. The molecule has 1 aliphatic rings. The van der Waals surface area contributed by atoms with Crippen LogP contribution in [0.15, 0.2) is 127 Å². The molecule has 52 heavy (non-hydrogen) atoms. The summed E-state index contributed by atoms with van der Waals surface area (Å²) in [5.74, 6) is 2.47. The number of unbranched alkanes of at least 4 members (excludes halogenated alkanes) is 2. The van der Waals surface area contributed by atoms with Crippen molar-refractivity contribution in [2.45, 2.75) is 58.8 Å². The van der Waals surface area contributed by atoms with E-state index in [1.54, 1.807) is 0 Å². The van der Waals surface area contributed by atoms with Gasteiger partial charge in [0.25, 0.3) is 0 Å². The van der Waals surface area contributed by atoms with Crippen LogP contribution in [0, 0.1) is 5.92 Å². The van der Waals surface area contributed by atoms with Gasteiger partial charge in [0, 0.05) is 33.0 Å². The topological polar surface area (TPSA) is 48.5 Å². The minimum absolute atomic E-state index is 0.562. The Kier molecular flexibility index (Phi) is 8.48. The van der Waals surface area contributed by atoms with E-state index in [2.05, 4.69) is 138 Å². The Morgan fingerprint density at radius 1 is 0.615 bits per heavy atom. The zero-order valence-electron chi connectivity index (χ0n) is 30.0. The first-order chi connectivity index (χ1) is 25.7. The molecular formula is C47H43N5. The summed E-state index contributed by atoms with van der Waals surface area (Å²) in [7, 11) is 0. The van der Waals surface area contributed by atoms with Crippen LogP contribution in [0.3, 0.4) is 0 Å². The zero-order valence-corrected chi connectivity index (χ0v) is 30.0. The first kappa shape index (κ1) is 32.1. The predicted molar refractivity (Wildman–Crippen MR) is 216 cm³/mol. The van der Waals surface area contributed by atoms with E-state index in [1.807, 2.05) is 18.2 Å². The smallest absolute Gasteiger partial charge is 0.238 e. The highest BCUT2D eigenvalue weighted by molar-refractivity contribution is 6.09. The van der Waals surface area contributed by atoms with Crippen LogP contribution in [0.1, 0.15) is 62.8 Å². The molecule has 1 atom stereocenters. The fraction of sp³-hybridized carbons (Fsp3) is 0.213. The van der Waals surface area contributed by atoms with Crippen LogP contribution in [0.2, 0.25) is 0 Å². The minimum Gasteiger partial charge on any atom is -0.309 e. The molecule has 8 aromatic rings. The molecule has 0 radical (unpaired) electrons. The van der Waals surface area contributed by atoms with Crippen LogP contribution < -0.4 is 0 Å². The highest BCUT2D eigenvalue weighted by Crippen LogP contribution is 2.40. The Morgan fingerprint density at radius 3 is 2.06 bits per heavy atom. The summed E-state index contributed by atoms with van der Waals surface area (Å²) in [6.45, 7) is 4.56. The van der Waals surface area contributed by atoms with Crippen LogP contribution >= 0.6 is 0 Å². The lowest BCUT2D eigenvalue weighted by Crippen LogP contribution is -2.10. The van der Waals surface area contributed by atoms with Gasteiger partial charge >= 0.3 is 0 Å². The van der Waals surface area contributed by atoms with E-state index >= 15 is 0 Å². The molecule has 0 N–H and O–H groups in total. The molecule has 0 saturated carbocycles. The molecular weight excluding hydrogens is 635 g/mol. The highest BCUT2D eigenvalue weighted by atomic mass is 15.2. The van der Waals surface area contributed by atoms with E-state index in [-0.39, 0.29) is 0 Å². The summed E-state index contributed by atoms with van der Waals surface area (Å²) >= 11 is 0. The Balaban J connectivity index is 1.28. The largest absolute Gasteiger partial charge is 0.309 e. The van der Waals surface area contributed by atoms with Gasteiger partial charge in [0.15, 0.2) is 11.6 Å². The van der Waals surface area contributed by atoms with Crippen molar-refractivity contribution in [3.8, 4) is 34.4 Å². The van der Waals surface area contributed by atoms with Crippen molar-refractivity contribution >= 4 is 38.8 Å². The molecule has 1 aliphatic carbocycles. The van der Waals surface area contributed by atoms with Gasteiger partial charge in [-0.1, -0.05) is 124 Å². The van der Waals surface area contributed by atoms with E-state index in [1.165, 1.54) is 70.6 Å². The van der Waals surface area contributed by atoms with Crippen LogP contribution in [0.25, 0.3) is 73.2 Å². The van der Waals surface area contributed by atoms with Gasteiger partial charge in [0.1, 0.15) is 0 Å². The quantitative estimate of drug-likeness (QED) is 0.145. The van der Waals surface area contributed by atoms with Crippen LogP contribution in [0.4, 0.5) is 0 Å². The SMILES string of the molecule is CCCCc1ccc2c(c1)c1c(n2-c2ccccc2-c2nc(-c3ccccc3)nc(-n3c4ccccc4c4ccccc43)n2)C=CC(CCCC)C1. The lowest BCUT2D eigenvalue weighted by Gasteiger charge is -2.20. The Bertz CT molecular complexity index is 2540. The van der Waals surface area contributed by atoms with Gasteiger partial charge in [-0.2, -0.15) is 9.97 Å². The van der Waals surface area contributed by atoms with Gasteiger partial charge in [0.2, 0.25) is 5.95 Å². The number of aromatic nitrogens is 5. The second-order valence-electron chi connectivity index (χ2n) is 14.2. The lowest BCUT2D eigenvalue weighted by atomic mass is 9.88. The second kappa shape index (κ2) is 13.7. The van der Waals surface area contributed by atoms with Crippen LogP contribution in [-0.4, -0.2) is 24.1 Å². The van der Waals surface area contributed by atoms with E-state index in [0.29, 0.717) is 23.5 Å². The molecule has 3 heterocycles. The number of nitrogens with zero attached hydrogens (tertiary/aromatic N) is 5. The number of rotatable bonds is 10. The molecule has 0 spiro atoms. The molecule has 5 aromatic carbocycles. The van der Waals surface area contributed by atoms with Crippen molar-refractivity contribution in [1.82, 2.24) is 24.1 Å². The fourth-order valence-corrected chi connectivity index (χ4v) is 8.13. The number of hydrogen-bond donors (Lipinski definition) is 0. The summed E-state index contributed by atoms with van der Waals surface area (Å²) < 4.78 is 4.65. The number of aryl methyl sites for hydroxylation is 1. The van der Waals surface area contributed by atoms with Gasteiger partial charge in [-0.3, -0.25) is 4.57 Å². The second-order valence-corrected chi connectivity index (χ2v) is 14.2. The van der Waals surface area contributed by atoms with Gasteiger partial charge in [0.05, 0.1) is 22.2 Å². The van der Waals surface area contributed by atoms with E-state index in [9.17, 15) is 0 Å². The van der Waals surface area contributed by atoms with E-state index < -0.39 is 0 Å². The summed E-state index contributed by atoms with van der Waals surface area (Å²) in [4.78, 5) is 15.7. The fourth-order valence-electron chi connectivity index (χ4n) is 8.13. The van der Waals surface area contributed by atoms with Crippen molar-refractivity contribution in [3.63, 3.8) is 0 Å².